The summed E-state index contributed by atoms with van der Waals surface area (Å²) in [4.78, 5) is 5.82. The average molecular weight is 427 g/mol. The van der Waals surface area contributed by atoms with Crippen LogP contribution >= 0.6 is 34.0 Å². The fourth-order valence-corrected chi connectivity index (χ4v) is 5.23. The van der Waals surface area contributed by atoms with E-state index in [1.807, 2.05) is 48.7 Å². The lowest BCUT2D eigenvalue weighted by atomic mass is 10.3. The van der Waals surface area contributed by atoms with Gasteiger partial charge in [-0.05, 0) is 36.6 Å². The summed E-state index contributed by atoms with van der Waals surface area (Å²) in [6.07, 6.45) is 0. The summed E-state index contributed by atoms with van der Waals surface area (Å²) in [5.74, 6) is 1.62. The van der Waals surface area contributed by atoms with Crippen LogP contribution in [0.2, 0.25) is 0 Å². The predicted molar refractivity (Wildman–Crippen MR) is 115 cm³/mol. The van der Waals surface area contributed by atoms with Crippen molar-refractivity contribution in [1.29, 1.82) is 0 Å². The van der Waals surface area contributed by atoms with Gasteiger partial charge in [0.05, 0.1) is 27.9 Å². The van der Waals surface area contributed by atoms with Crippen LogP contribution in [-0.2, 0) is 0 Å². The normalized spacial score (nSPS) is 11.2. The molecule has 140 valence electrons. The molecular formula is C18H14N6OS3. The van der Waals surface area contributed by atoms with E-state index >= 15 is 0 Å². The molecule has 5 rings (SSSR count). The van der Waals surface area contributed by atoms with E-state index in [-0.39, 0.29) is 0 Å². The Balaban J connectivity index is 1.49. The fourth-order valence-electron chi connectivity index (χ4n) is 2.73. The Morgan fingerprint density at radius 2 is 2.04 bits per heavy atom. The number of benzene rings is 1. The Kier molecular flexibility index (Phi) is 4.30. The van der Waals surface area contributed by atoms with Crippen LogP contribution in [0, 0.1) is 6.92 Å². The highest BCUT2D eigenvalue weighted by molar-refractivity contribution is 7.23. The van der Waals surface area contributed by atoms with Crippen molar-refractivity contribution >= 4 is 55.2 Å². The molecule has 10 heteroatoms. The van der Waals surface area contributed by atoms with Gasteiger partial charge in [-0.1, -0.05) is 28.7 Å². The first kappa shape index (κ1) is 17.3. The zero-order valence-electron chi connectivity index (χ0n) is 14.9. The molecule has 0 fully saturated rings. The highest BCUT2D eigenvalue weighted by Gasteiger charge is 2.15. The maximum Gasteiger partial charge on any atom is 0.213 e. The van der Waals surface area contributed by atoms with Gasteiger partial charge in [-0.2, -0.15) is 9.78 Å². The number of thiophene rings is 1. The first-order chi connectivity index (χ1) is 13.7. The summed E-state index contributed by atoms with van der Waals surface area (Å²) < 4.78 is 8.16. The lowest BCUT2D eigenvalue weighted by molar-refractivity contribution is 0.415. The van der Waals surface area contributed by atoms with Gasteiger partial charge in [0.25, 0.3) is 0 Å². The average Bonchev–Trinajstić information content (AvgIpc) is 3.47. The number of nitrogens with zero attached hydrogens (tertiary/aromatic N) is 5. The van der Waals surface area contributed by atoms with Crippen molar-refractivity contribution in [2.45, 2.75) is 6.92 Å². The molecule has 0 aliphatic carbocycles. The van der Waals surface area contributed by atoms with Crippen LogP contribution in [0.1, 0.15) is 5.69 Å². The van der Waals surface area contributed by atoms with Crippen molar-refractivity contribution in [3.63, 3.8) is 0 Å². The van der Waals surface area contributed by atoms with Crippen molar-refractivity contribution in [2.75, 3.05) is 12.4 Å². The first-order valence-electron chi connectivity index (χ1n) is 8.35. The van der Waals surface area contributed by atoms with Crippen LogP contribution in [0.5, 0.6) is 5.75 Å². The number of ether oxygens (including phenoxy) is 1. The lowest BCUT2D eigenvalue weighted by Crippen LogP contribution is -2.01. The molecular weight excluding hydrogens is 412 g/mol. The minimum absolute atomic E-state index is 0.715. The van der Waals surface area contributed by atoms with Gasteiger partial charge in [-0.3, -0.25) is 0 Å². The molecule has 0 spiro atoms. The zero-order chi connectivity index (χ0) is 19.1. The standard InChI is InChI=1S/C18H14N6OS3/c1-10-8-15(20-17-22-21-16(28-17)13-4-3-7-26-13)24(23-10)18-19-12-6-5-11(25-2)9-14(12)27-18/h3-9H,1-2H3,(H,20,22). The Morgan fingerprint density at radius 3 is 2.86 bits per heavy atom. The molecule has 0 saturated heterocycles. The highest BCUT2D eigenvalue weighted by Crippen LogP contribution is 2.33. The van der Waals surface area contributed by atoms with Crippen LogP contribution in [0.3, 0.4) is 0 Å². The van der Waals surface area contributed by atoms with Gasteiger partial charge in [0.2, 0.25) is 10.3 Å². The number of hydrogen-bond donors (Lipinski definition) is 1. The Hall–Kier alpha value is -2.82. The maximum absolute atomic E-state index is 5.31. The number of thiazole rings is 1. The number of fused-ring (bicyclic) bond motifs is 1. The smallest absolute Gasteiger partial charge is 0.213 e. The SMILES string of the molecule is COc1ccc2nc(-n3nc(C)cc3Nc3nnc(-c4cccs4)s3)sc2c1. The monoisotopic (exact) mass is 426 g/mol. The van der Waals surface area contributed by atoms with Gasteiger partial charge in [0, 0.05) is 6.07 Å². The topological polar surface area (TPSA) is 77.8 Å². The van der Waals surface area contributed by atoms with E-state index in [9.17, 15) is 0 Å². The van der Waals surface area contributed by atoms with Gasteiger partial charge in [0.15, 0.2) is 5.01 Å². The van der Waals surface area contributed by atoms with E-state index in [0.29, 0.717) is 5.13 Å². The van der Waals surface area contributed by atoms with E-state index in [4.69, 9.17) is 9.72 Å². The van der Waals surface area contributed by atoms with E-state index in [2.05, 4.69) is 20.6 Å². The van der Waals surface area contributed by atoms with Crippen LogP contribution in [0.15, 0.2) is 41.8 Å². The van der Waals surface area contributed by atoms with E-state index in [1.54, 1.807) is 34.5 Å². The van der Waals surface area contributed by atoms with Gasteiger partial charge in [0.1, 0.15) is 11.6 Å². The van der Waals surface area contributed by atoms with Crippen molar-refractivity contribution < 1.29 is 4.74 Å². The highest BCUT2D eigenvalue weighted by atomic mass is 32.1. The van der Waals surface area contributed by atoms with Crippen molar-refractivity contribution in [3.05, 3.63) is 47.5 Å². The van der Waals surface area contributed by atoms with Gasteiger partial charge in [-0.25, -0.2) is 4.98 Å². The Morgan fingerprint density at radius 1 is 1.11 bits per heavy atom. The number of rotatable bonds is 5. The second-order valence-corrected chi connectivity index (χ2v) is 8.86. The number of aromatic nitrogens is 5. The van der Waals surface area contributed by atoms with E-state index < -0.39 is 0 Å². The second-order valence-electron chi connectivity index (χ2n) is 5.93. The lowest BCUT2D eigenvalue weighted by Gasteiger charge is -2.03. The summed E-state index contributed by atoms with van der Waals surface area (Å²) in [5, 5.41) is 20.9. The number of methoxy groups -OCH3 is 1. The maximum atomic E-state index is 5.31. The molecule has 5 aromatic rings. The molecule has 0 saturated carbocycles. The van der Waals surface area contributed by atoms with Crippen LogP contribution in [-0.4, -0.2) is 32.1 Å². The molecule has 0 radical (unpaired) electrons. The number of anilines is 2. The van der Waals surface area contributed by atoms with Crippen molar-refractivity contribution in [1.82, 2.24) is 25.0 Å². The van der Waals surface area contributed by atoms with E-state index in [0.717, 1.165) is 42.5 Å². The minimum atomic E-state index is 0.715. The number of aryl methyl sites for hydroxylation is 1. The van der Waals surface area contributed by atoms with Gasteiger partial charge >= 0.3 is 0 Å². The third-order valence-corrected chi connectivity index (χ3v) is 6.86. The molecule has 0 aliphatic heterocycles. The van der Waals surface area contributed by atoms with E-state index in [1.165, 1.54) is 11.3 Å². The molecule has 4 heterocycles. The minimum Gasteiger partial charge on any atom is -0.497 e. The number of nitrogens with one attached hydrogen (secondary N) is 1. The molecule has 0 atom stereocenters. The van der Waals surface area contributed by atoms with Crippen molar-refractivity contribution in [2.24, 2.45) is 0 Å². The zero-order valence-corrected chi connectivity index (χ0v) is 17.4. The summed E-state index contributed by atoms with van der Waals surface area (Å²) in [7, 11) is 1.66. The molecule has 0 amide bonds. The second kappa shape index (κ2) is 6.97. The van der Waals surface area contributed by atoms with Crippen LogP contribution in [0.4, 0.5) is 10.9 Å². The van der Waals surface area contributed by atoms with Crippen molar-refractivity contribution in [3.8, 4) is 20.8 Å². The first-order valence-corrected chi connectivity index (χ1v) is 10.9. The third kappa shape index (κ3) is 3.15. The van der Waals surface area contributed by atoms with Gasteiger partial charge < -0.3 is 10.1 Å². The largest absolute Gasteiger partial charge is 0.497 e. The van der Waals surface area contributed by atoms with Crippen LogP contribution < -0.4 is 10.1 Å². The summed E-state index contributed by atoms with van der Waals surface area (Å²) >= 11 is 4.72. The molecule has 28 heavy (non-hydrogen) atoms. The van der Waals surface area contributed by atoms with Crippen LogP contribution in [0.25, 0.3) is 25.2 Å². The van der Waals surface area contributed by atoms with Gasteiger partial charge in [-0.15, -0.1) is 21.5 Å². The molecule has 0 aliphatic rings. The summed E-state index contributed by atoms with van der Waals surface area (Å²) in [6.45, 7) is 1.95. The quantitative estimate of drug-likeness (QED) is 0.420. The molecule has 1 N–H and O–H groups in total. The Bertz CT molecular complexity index is 1250. The molecule has 4 aromatic heterocycles. The Labute approximate surface area is 172 Å². The summed E-state index contributed by atoms with van der Waals surface area (Å²) in [6, 6.07) is 11.9. The third-order valence-electron chi connectivity index (χ3n) is 3.99. The molecule has 1 aromatic carbocycles. The summed E-state index contributed by atoms with van der Waals surface area (Å²) in [5.41, 5.74) is 1.80. The number of hydrogen-bond acceptors (Lipinski definition) is 9. The predicted octanol–water partition coefficient (Wildman–Crippen LogP) is 5.12. The fraction of sp³-hybridized carbons (Fsp3) is 0.111. The molecule has 0 bridgehead atoms. The molecule has 7 nitrogen and oxygen atoms in total. The molecule has 0 unspecified atom stereocenters.